The van der Waals surface area contributed by atoms with Gasteiger partial charge in [-0.1, -0.05) is 0 Å². The van der Waals surface area contributed by atoms with Gasteiger partial charge in [-0.3, -0.25) is 4.79 Å². The SMILES string of the molecule is COc1ccc(C(=O)N2CCC[C@H](Oc3ncc(F)cn3)C2)cc1F. The molecule has 8 heteroatoms. The molecule has 0 saturated carbocycles. The standard InChI is InChI=1S/C17H17F2N3O3/c1-24-15-5-4-11(7-14(15)19)16(23)22-6-2-3-13(10-22)25-17-20-8-12(18)9-21-17/h4-5,7-9,13H,2-3,6,10H2,1H3/t13-/m0/s1. The van der Waals surface area contributed by atoms with Gasteiger partial charge in [-0.15, -0.1) is 0 Å². The van der Waals surface area contributed by atoms with E-state index >= 15 is 0 Å². The number of rotatable bonds is 4. The van der Waals surface area contributed by atoms with Gasteiger partial charge in [0.1, 0.15) is 6.10 Å². The van der Waals surface area contributed by atoms with Crippen molar-refractivity contribution in [1.29, 1.82) is 0 Å². The van der Waals surface area contributed by atoms with Crippen molar-refractivity contribution in [3.05, 3.63) is 47.8 Å². The van der Waals surface area contributed by atoms with E-state index in [-0.39, 0.29) is 29.3 Å². The normalized spacial score (nSPS) is 17.2. The Hall–Kier alpha value is -2.77. The summed E-state index contributed by atoms with van der Waals surface area (Å²) in [6.45, 7) is 0.879. The van der Waals surface area contributed by atoms with Gasteiger partial charge in [-0.25, -0.2) is 18.7 Å². The quantitative estimate of drug-likeness (QED) is 0.848. The number of methoxy groups -OCH3 is 1. The van der Waals surface area contributed by atoms with E-state index in [1.165, 1.54) is 19.2 Å². The fourth-order valence-corrected chi connectivity index (χ4v) is 2.71. The third-order valence-corrected chi connectivity index (χ3v) is 3.93. The number of hydrogen-bond acceptors (Lipinski definition) is 5. The second-order valence-corrected chi connectivity index (χ2v) is 5.67. The lowest BCUT2D eigenvalue weighted by molar-refractivity contribution is 0.0515. The van der Waals surface area contributed by atoms with E-state index in [0.29, 0.717) is 13.1 Å². The molecule has 0 unspecified atom stereocenters. The molecule has 0 spiro atoms. The zero-order chi connectivity index (χ0) is 17.8. The Kier molecular flexibility index (Phi) is 5.06. The maximum atomic E-state index is 13.8. The van der Waals surface area contributed by atoms with Crippen molar-refractivity contribution in [3.63, 3.8) is 0 Å². The van der Waals surface area contributed by atoms with Crippen molar-refractivity contribution >= 4 is 5.91 Å². The number of carbonyl (C=O) groups excluding carboxylic acids is 1. The van der Waals surface area contributed by atoms with Crippen molar-refractivity contribution in [2.45, 2.75) is 18.9 Å². The molecular weight excluding hydrogens is 332 g/mol. The highest BCUT2D eigenvalue weighted by Crippen LogP contribution is 2.21. The average Bonchev–Trinajstić information content (AvgIpc) is 2.63. The number of aromatic nitrogens is 2. The summed E-state index contributed by atoms with van der Waals surface area (Å²) < 4.78 is 37.1. The largest absolute Gasteiger partial charge is 0.494 e. The van der Waals surface area contributed by atoms with Crippen molar-refractivity contribution in [2.24, 2.45) is 0 Å². The molecule has 1 fully saturated rings. The molecule has 0 N–H and O–H groups in total. The van der Waals surface area contributed by atoms with Crippen LogP contribution in [0.1, 0.15) is 23.2 Å². The van der Waals surface area contributed by atoms with Crippen molar-refractivity contribution in [3.8, 4) is 11.8 Å². The molecule has 1 aromatic heterocycles. The lowest BCUT2D eigenvalue weighted by atomic mass is 10.1. The van der Waals surface area contributed by atoms with Crippen LogP contribution in [0.15, 0.2) is 30.6 Å². The first-order chi connectivity index (χ1) is 12.1. The summed E-state index contributed by atoms with van der Waals surface area (Å²) in [7, 11) is 1.37. The molecule has 1 amide bonds. The predicted octanol–water partition coefficient (Wildman–Crippen LogP) is 2.45. The number of hydrogen-bond donors (Lipinski definition) is 0. The Labute approximate surface area is 143 Å². The molecule has 3 rings (SSSR count). The van der Waals surface area contributed by atoms with Crippen LogP contribution in [0, 0.1) is 11.6 Å². The van der Waals surface area contributed by atoms with Crippen LogP contribution in [-0.2, 0) is 0 Å². The third kappa shape index (κ3) is 4.01. The van der Waals surface area contributed by atoms with E-state index in [2.05, 4.69) is 9.97 Å². The molecule has 1 saturated heterocycles. The van der Waals surface area contributed by atoms with E-state index in [4.69, 9.17) is 9.47 Å². The summed E-state index contributed by atoms with van der Waals surface area (Å²) in [5, 5.41) is 0. The second-order valence-electron chi connectivity index (χ2n) is 5.67. The Bertz CT molecular complexity index is 755. The maximum Gasteiger partial charge on any atom is 0.316 e. The third-order valence-electron chi connectivity index (χ3n) is 3.93. The zero-order valence-electron chi connectivity index (χ0n) is 13.6. The van der Waals surface area contributed by atoms with E-state index in [0.717, 1.165) is 31.3 Å². The second kappa shape index (κ2) is 7.42. The highest BCUT2D eigenvalue weighted by atomic mass is 19.1. The van der Waals surface area contributed by atoms with Crippen LogP contribution in [0.5, 0.6) is 11.8 Å². The summed E-state index contributed by atoms with van der Waals surface area (Å²) in [4.78, 5) is 21.7. The Morgan fingerprint density at radius 3 is 2.72 bits per heavy atom. The first-order valence-corrected chi connectivity index (χ1v) is 7.84. The molecule has 25 heavy (non-hydrogen) atoms. The molecule has 0 aliphatic carbocycles. The number of likely N-dealkylation sites (tertiary alicyclic amines) is 1. The van der Waals surface area contributed by atoms with Crippen LogP contribution in [0.3, 0.4) is 0 Å². The molecule has 0 radical (unpaired) electrons. The van der Waals surface area contributed by atoms with Crippen LogP contribution in [0.2, 0.25) is 0 Å². The molecule has 0 bridgehead atoms. The minimum atomic E-state index is -0.585. The van der Waals surface area contributed by atoms with Gasteiger partial charge in [-0.05, 0) is 31.0 Å². The van der Waals surface area contributed by atoms with Gasteiger partial charge in [0.25, 0.3) is 5.91 Å². The van der Waals surface area contributed by atoms with E-state index in [9.17, 15) is 13.6 Å². The number of benzene rings is 1. The van der Waals surface area contributed by atoms with Crippen LogP contribution in [0.4, 0.5) is 8.78 Å². The fraction of sp³-hybridized carbons (Fsp3) is 0.353. The summed E-state index contributed by atoms with van der Waals surface area (Å²) in [5.41, 5.74) is 0.247. The van der Waals surface area contributed by atoms with Gasteiger partial charge in [0.2, 0.25) is 0 Å². The lowest BCUT2D eigenvalue weighted by Crippen LogP contribution is -2.44. The van der Waals surface area contributed by atoms with Crippen molar-refractivity contribution < 1.29 is 23.0 Å². The van der Waals surface area contributed by atoms with Crippen molar-refractivity contribution in [2.75, 3.05) is 20.2 Å². The molecule has 1 atom stereocenters. The lowest BCUT2D eigenvalue weighted by Gasteiger charge is -2.32. The zero-order valence-corrected chi connectivity index (χ0v) is 13.6. The number of ether oxygens (including phenoxy) is 2. The number of nitrogens with zero attached hydrogens (tertiary/aromatic N) is 3. The van der Waals surface area contributed by atoms with Gasteiger partial charge in [0, 0.05) is 12.1 Å². The minimum absolute atomic E-state index is 0.0659. The highest BCUT2D eigenvalue weighted by Gasteiger charge is 2.26. The van der Waals surface area contributed by atoms with Gasteiger partial charge in [0.05, 0.1) is 26.0 Å². The van der Waals surface area contributed by atoms with Crippen LogP contribution in [-0.4, -0.2) is 47.1 Å². The molecule has 1 aliphatic rings. The van der Waals surface area contributed by atoms with Gasteiger partial charge < -0.3 is 14.4 Å². The first kappa shape index (κ1) is 17.1. The monoisotopic (exact) mass is 349 g/mol. The van der Waals surface area contributed by atoms with Crippen LogP contribution < -0.4 is 9.47 Å². The Balaban J connectivity index is 1.67. The molecule has 6 nitrogen and oxygen atoms in total. The Morgan fingerprint density at radius 1 is 1.28 bits per heavy atom. The van der Waals surface area contributed by atoms with Gasteiger partial charge in [0.15, 0.2) is 17.4 Å². The fourth-order valence-electron chi connectivity index (χ4n) is 2.71. The highest BCUT2D eigenvalue weighted by molar-refractivity contribution is 5.94. The van der Waals surface area contributed by atoms with Gasteiger partial charge >= 0.3 is 6.01 Å². The summed E-state index contributed by atoms with van der Waals surface area (Å²) >= 11 is 0. The maximum absolute atomic E-state index is 13.8. The summed E-state index contributed by atoms with van der Waals surface area (Å²) in [6.07, 6.45) is 3.20. The summed E-state index contributed by atoms with van der Waals surface area (Å²) in [5.74, 6) is -1.33. The predicted molar refractivity (Wildman–Crippen MR) is 84.5 cm³/mol. The number of carbonyl (C=O) groups is 1. The minimum Gasteiger partial charge on any atom is -0.494 e. The number of halogens is 2. The molecule has 2 heterocycles. The van der Waals surface area contributed by atoms with Crippen LogP contribution in [0.25, 0.3) is 0 Å². The smallest absolute Gasteiger partial charge is 0.316 e. The molecule has 2 aromatic rings. The first-order valence-electron chi connectivity index (χ1n) is 7.84. The van der Waals surface area contributed by atoms with Crippen LogP contribution >= 0.6 is 0 Å². The Morgan fingerprint density at radius 2 is 2.04 bits per heavy atom. The average molecular weight is 349 g/mol. The van der Waals surface area contributed by atoms with Gasteiger partial charge in [-0.2, -0.15) is 0 Å². The topological polar surface area (TPSA) is 64.5 Å². The number of amides is 1. The molecule has 1 aromatic carbocycles. The number of piperidine rings is 1. The molecule has 1 aliphatic heterocycles. The molecular formula is C17H17F2N3O3. The van der Waals surface area contributed by atoms with Crippen molar-refractivity contribution in [1.82, 2.24) is 14.9 Å². The van der Waals surface area contributed by atoms with E-state index in [1.54, 1.807) is 4.90 Å². The molecule has 132 valence electrons. The van der Waals surface area contributed by atoms with E-state index < -0.39 is 11.6 Å². The summed E-state index contributed by atoms with van der Waals surface area (Å²) in [6, 6.07) is 4.18. The van der Waals surface area contributed by atoms with E-state index in [1.807, 2.05) is 0 Å².